The average Bonchev–Trinajstić information content (AvgIpc) is 2.80. The zero-order valence-electron chi connectivity index (χ0n) is 17.8. The predicted molar refractivity (Wildman–Crippen MR) is 118 cm³/mol. The molecule has 1 atom stereocenters. The number of halogens is 1. The molecular formula is C25H28FNO4. The molecule has 0 radical (unpaired) electrons. The Hall–Kier alpha value is -3.09. The molecule has 0 aliphatic rings. The average molecular weight is 426 g/mol. The molecule has 0 spiro atoms. The Kier molecular flexibility index (Phi) is 8.27. The van der Waals surface area contributed by atoms with Gasteiger partial charge in [-0.25, -0.2) is 4.39 Å². The van der Waals surface area contributed by atoms with Crippen molar-refractivity contribution in [1.82, 2.24) is 4.90 Å². The van der Waals surface area contributed by atoms with Gasteiger partial charge in [0.25, 0.3) is 0 Å². The summed E-state index contributed by atoms with van der Waals surface area (Å²) in [4.78, 5) is 2.11. The Morgan fingerprint density at radius 2 is 1.19 bits per heavy atom. The summed E-state index contributed by atoms with van der Waals surface area (Å²) in [5.41, 5.74) is 2.06. The Bertz CT molecular complexity index is 914. The van der Waals surface area contributed by atoms with Gasteiger partial charge in [-0.2, -0.15) is 0 Å². The molecule has 0 fully saturated rings. The number of ether oxygens (including phenoxy) is 3. The van der Waals surface area contributed by atoms with Crippen LogP contribution in [0, 0.1) is 5.82 Å². The summed E-state index contributed by atoms with van der Waals surface area (Å²) in [5, 5.41) is 10.6. The number of methoxy groups -OCH3 is 2. The second kappa shape index (κ2) is 11.3. The highest BCUT2D eigenvalue weighted by Gasteiger charge is 2.14. The van der Waals surface area contributed by atoms with E-state index in [1.165, 1.54) is 12.1 Å². The largest absolute Gasteiger partial charge is 0.497 e. The number of aliphatic hydroxyl groups is 1. The van der Waals surface area contributed by atoms with Gasteiger partial charge < -0.3 is 19.3 Å². The minimum Gasteiger partial charge on any atom is -0.497 e. The van der Waals surface area contributed by atoms with Crippen molar-refractivity contribution in [3.8, 4) is 17.2 Å². The van der Waals surface area contributed by atoms with Gasteiger partial charge in [0.2, 0.25) is 0 Å². The molecule has 0 aromatic heterocycles. The smallest absolute Gasteiger partial charge is 0.123 e. The first-order valence-electron chi connectivity index (χ1n) is 10.1. The highest BCUT2D eigenvalue weighted by Crippen LogP contribution is 2.18. The van der Waals surface area contributed by atoms with Crippen molar-refractivity contribution in [2.75, 3.05) is 27.4 Å². The molecule has 3 rings (SSSR count). The lowest BCUT2D eigenvalue weighted by molar-refractivity contribution is 0.0628. The van der Waals surface area contributed by atoms with Crippen molar-refractivity contribution in [3.63, 3.8) is 0 Å². The molecule has 0 aliphatic heterocycles. The van der Waals surface area contributed by atoms with Crippen LogP contribution < -0.4 is 14.2 Å². The van der Waals surface area contributed by atoms with E-state index in [4.69, 9.17) is 14.2 Å². The van der Waals surface area contributed by atoms with Crippen molar-refractivity contribution in [2.45, 2.75) is 19.2 Å². The van der Waals surface area contributed by atoms with Gasteiger partial charge in [-0.1, -0.05) is 24.3 Å². The van der Waals surface area contributed by atoms with Crippen LogP contribution in [-0.4, -0.2) is 43.5 Å². The lowest BCUT2D eigenvalue weighted by Crippen LogP contribution is -2.35. The maximum absolute atomic E-state index is 13.3. The zero-order chi connectivity index (χ0) is 22.1. The van der Waals surface area contributed by atoms with E-state index in [9.17, 15) is 9.50 Å². The van der Waals surface area contributed by atoms with Crippen molar-refractivity contribution < 1.29 is 23.7 Å². The molecule has 0 amide bonds. The van der Waals surface area contributed by atoms with Crippen LogP contribution in [0.5, 0.6) is 17.2 Å². The van der Waals surface area contributed by atoms with E-state index in [0.717, 1.165) is 22.6 Å². The fraction of sp³-hybridized carbons (Fsp3) is 0.280. The molecule has 0 heterocycles. The number of rotatable bonds is 11. The highest BCUT2D eigenvalue weighted by atomic mass is 19.1. The number of nitrogens with zero attached hydrogens (tertiary/aromatic N) is 1. The molecule has 1 N–H and O–H groups in total. The third-order valence-corrected chi connectivity index (χ3v) is 4.86. The third-order valence-electron chi connectivity index (χ3n) is 4.86. The normalized spacial score (nSPS) is 11.9. The summed E-state index contributed by atoms with van der Waals surface area (Å²) in [7, 11) is 3.24. The molecule has 0 saturated carbocycles. The van der Waals surface area contributed by atoms with Crippen LogP contribution in [0.1, 0.15) is 11.1 Å². The molecule has 0 bridgehead atoms. The molecular weight excluding hydrogens is 397 g/mol. The van der Waals surface area contributed by atoms with Gasteiger partial charge in [0.1, 0.15) is 35.8 Å². The lowest BCUT2D eigenvalue weighted by Gasteiger charge is -2.25. The van der Waals surface area contributed by atoms with Gasteiger partial charge >= 0.3 is 0 Å². The maximum atomic E-state index is 13.3. The van der Waals surface area contributed by atoms with E-state index in [2.05, 4.69) is 4.90 Å². The van der Waals surface area contributed by atoms with Gasteiger partial charge in [0.15, 0.2) is 0 Å². The molecule has 1 unspecified atom stereocenters. The third kappa shape index (κ3) is 7.27. The molecule has 31 heavy (non-hydrogen) atoms. The first-order chi connectivity index (χ1) is 15.1. The molecule has 0 aliphatic carbocycles. The van der Waals surface area contributed by atoms with E-state index < -0.39 is 6.10 Å². The Balaban J connectivity index is 1.62. The Labute approximate surface area is 182 Å². The molecule has 6 heteroatoms. The Morgan fingerprint density at radius 1 is 0.742 bits per heavy atom. The standard InChI is InChI=1S/C25H28FNO4/c1-29-23-9-5-20(6-10-23)16-27(15-19-3-7-21(26)8-4-19)17-22(28)18-31-25-13-11-24(30-2)12-14-25/h3-14,22,28H,15-18H2,1-2H3. The molecule has 0 saturated heterocycles. The number of hydrogen-bond acceptors (Lipinski definition) is 5. The summed E-state index contributed by atoms with van der Waals surface area (Å²) >= 11 is 0. The molecule has 164 valence electrons. The highest BCUT2D eigenvalue weighted by molar-refractivity contribution is 5.31. The minimum atomic E-state index is -0.694. The number of benzene rings is 3. The van der Waals surface area contributed by atoms with Crippen molar-refractivity contribution >= 4 is 0 Å². The first-order valence-corrected chi connectivity index (χ1v) is 10.1. The van der Waals surface area contributed by atoms with E-state index in [0.29, 0.717) is 25.4 Å². The van der Waals surface area contributed by atoms with Gasteiger partial charge in [-0.3, -0.25) is 4.90 Å². The SMILES string of the molecule is COc1ccc(CN(Cc2ccc(F)cc2)CC(O)COc2ccc(OC)cc2)cc1. The summed E-state index contributed by atoms with van der Waals surface area (Å²) < 4.78 is 29.3. The molecule has 5 nitrogen and oxygen atoms in total. The Morgan fingerprint density at radius 3 is 1.71 bits per heavy atom. The lowest BCUT2D eigenvalue weighted by atomic mass is 10.1. The second-order valence-electron chi connectivity index (χ2n) is 7.28. The minimum absolute atomic E-state index is 0.162. The van der Waals surface area contributed by atoms with Crippen LogP contribution in [0.4, 0.5) is 4.39 Å². The van der Waals surface area contributed by atoms with Crippen LogP contribution >= 0.6 is 0 Å². The topological polar surface area (TPSA) is 51.2 Å². The summed E-state index contributed by atoms with van der Waals surface area (Å²) in [5.74, 6) is 1.94. The molecule has 3 aromatic carbocycles. The van der Waals surface area contributed by atoms with E-state index in [1.807, 2.05) is 36.4 Å². The summed E-state index contributed by atoms with van der Waals surface area (Å²) in [6, 6.07) is 21.5. The second-order valence-corrected chi connectivity index (χ2v) is 7.28. The fourth-order valence-electron chi connectivity index (χ4n) is 3.24. The summed E-state index contributed by atoms with van der Waals surface area (Å²) in [6.07, 6.45) is -0.694. The predicted octanol–water partition coefficient (Wildman–Crippen LogP) is 4.29. The number of hydrogen-bond donors (Lipinski definition) is 1. The molecule has 3 aromatic rings. The summed E-state index contributed by atoms with van der Waals surface area (Å²) in [6.45, 7) is 1.77. The maximum Gasteiger partial charge on any atom is 0.123 e. The quantitative estimate of drug-likeness (QED) is 0.497. The van der Waals surface area contributed by atoms with Gasteiger partial charge in [0, 0.05) is 19.6 Å². The van der Waals surface area contributed by atoms with Crippen molar-refractivity contribution in [1.29, 1.82) is 0 Å². The van der Waals surface area contributed by atoms with Crippen molar-refractivity contribution in [3.05, 3.63) is 89.7 Å². The monoisotopic (exact) mass is 425 g/mol. The van der Waals surface area contributed by atoms with Crippen molar-refractivity contribution in [2.24, 2.45) is 0 Å². The van der Waals surface area contributed by atoms with E-state index in [1.54, 1.807) is 38.5 Å². The van der Waals surface area contributed by atoms with Crippen LogP contribution in [0.3, 0.4) is 0 Å². The van der Waals surface area contributed by atoms with E-state index >= 15 is 0 Å². The van der Waals surface area contributed by atoms with Gasteiger partial charge in [-0.15, -0.1) is 0 Å². The number of aliphatic hydroxyl groups excluding tert-OH is 1. The first kappa shape index (κ1) is 22.6. The van der Waals surface area contributed by atoms with Gasteiger partial charge in [0.05, 0.1) is 14.2 Å². The zero-order valence-corrected chi connectivity index (χ0v) is 17.8. The van der Waals surface area contributed by atoms with Crippen LogP contribution in [0.15, 0.2) is 72.8 Å². The van der Waals surface area contributed by atoms with Gasteiger partial charge in [-0.05, 0) is 59.7 Å². The van der Waals surface area contributed by atoms with E-state index in [-0.39, 0.29) is 12.4 Å². The van der Waals surface area contributed by atoms with Crippen LogP contribution in [0.25, 0.3) is 0 Å². The van der Waals surface area contributed by atoms with Crippen LogP contribution in [0.2, 0.25) is 0 Å². The fourth-order valence-corrected chi connectivity index (χ4v) is 3.24. The van der Waals surface area contributed by atoms with Crippen LogP contribution in [-0.2, 0) is 13.1 Å².